The van der Waals surface area contributed by atoms with Gasteiger partial charge in [-0.2, -0.15) is 0 Å². The third-order valence-corrected chi connectivity index (χ3v) is 3.48. The number of nitrogen functional groups attached to an aromatic ring is 1. The van der Waals surface area contributed by atoms with E-state index in [4.69, 9.17) is 5.73 Å². The Morgan fingerprint density at radius 1 is 1.45 bits per heavy atom. The van der Waals surface area contributed by atoms with Crippen molar-refractivity contribution in [2.45, 2.75) is 25.2 Å². The van der Waals surface area contributed by atoms with Gasteiger partial charge in [-0.25, -0.2) is 4.39 Å². The molecule has 5 N–H and O–H groups in total. The molecule has 1 heterocycles. The smallest absolute Gasteiger partial charge is 0.241 e. The predicted molar refractivity (Wildman–Crippen MR) is 72.5 cm³/mol. The molecule has 20 heavy (non-hydrogen) atoms. The lowest BCUT2D eigenvalue weighted by atomic mass is 10.2. The summed E-state index contributed by atoms with van der Waals surface area (Å²) in [5, 5.41) is 21.6. The van der Waals surface area contributed by atoms with Crippen molar-refractivity contribution >= 4 is 17.3 Å². The first-order valence-corrected chi connectivity index (χ1v) is 6.34. The van der Waals surface area contributed by atoms with E-state index in [0.717, 1.165) is 0 Å². The van der Waals surface area contributed by atoms with E-state index in [-0.39, 0.29) is 24.7 Å². The van der Waals surface area contributed by atoms with E-state index in [1.54, 1.807) is 11.8 Å². The fraction of sp³-hybridized carbons (Fsp3) is 0.462. The molecule has 2 rings (SSSR count). The number of nitrogens with zero attached hydrogens (tertiary/aromatic N) is 1. The van der Waals surface area contributed by atoms with Gasteiger partial charge < -0.3 is 21.3 Å². The minimum Gasteiger partial charge on any atom is -0.396 e. The lowest BCUT2D eigenvalue weighted by Gasteiger charge is -2.22. The van der Waals surface area contributed by atoms with Crippen LogP contribution in [0.4, 0.5) is 15.8 Å². The number of nitrogens with two attached hydrogens (primary N) is 1. The molecule has 1 fully saturated rings. The summed E-state index contributed by atoms with van der Waals surface area (Å²) < 4.78 is 13.0. The van der Waals surface area contributed by atoms with Gasteiger partial charge in [0.25, 0.3) is 0 Å². The average Bonchev–Trinajstić information content (AvgIpc) is 2.73. The van der Waals surface area contributed by atoms with Crippen LogP contribution in [0.2, 0.25) is 0 Å². The molecular formula is C13H18FN3O3. The van der Waals surface area contributed by atoms with Gasteiger partial charge in [0.1, 0.15) is 5.82 Å². The molecule has 110 valence electrons. The summed E-state index contributed by atoms with van der Waals surface area (Å²) >= 11 is 0. The molecule has 0 bridgehead atoms. The number of rotatable bonds is 3. The number of amides is 1. The van der Waals surface area contributed by atoms with Crippen molar-refractivity contribution in [3.05, 3.63) is 24.0 Å². The first kappa shape index (κ1) is 14.7. The quantitative estimate of drug-likeness (QED) is 0.575. The molecule has 1 aliphatic heterocycles. The van der Waals surface area contributed by atoms with Crippen molar-refractivity contribution in [3.63, 3.8) is 0 Å². The number of nitrogens with one attached hydrogen (secondary N) is 1. The summed E-state index contributed by atoms with van der Waals surface area (Å²) in [6, 6.07) is 3.42. The van der Waals surface area contributed by atoms with Crippen LogP contribution in [0, 0.1) is 5.82 Å². The van der Waals surface area contributed by atoms with Gasteiger partial charge in [-0.05, 0) is 25.1 Å². The Balaban J connectivity index is 1.99. The maximum absolute atomic E-state index is 13.0. The molecule has 1 aromatic carbocycles. The minimum absolute atomic E-state index is 0.0394. The topological polar surface area (TPSA) is 98.8 Å². The van der Waals surface area contributed by atoms with Crippen LogP contribution < -0.4 is 11.1 Å². The molecule has 0 radical (unpaired) electrons. The number of carbonyl (C=O) groups is 1. The van der Waals surface area contributed by atoms with Crippen molar-refractivity contribution in [2.24, 2.45) is 0 Å². The molecule has 1 aromatic rings. The molecule has 7 heteroatoms. The second-order valence-electron chi connectivity index (χ2n) is 4.99. The zero-order chi connectivity index (χ0) is 14.9. The van der Waals surface area contributed by atoms with Gasteiger partial charge in [0, 0.05) is 18.8 Å². The molecule has 0 saturated carbocycles. The highest BCUT2D eigenvalue weighted by molar-refractivity contribution is 5.94. The minimum atomic E-state index is -0.841. The Labute approximate surface area is 116 Å². The SMILES string of the molecule is CC(C(=O)Nc1ccc(F)c(N)c1)N1CC(O)C(O)C1. The van der Waals surface area contributed by atoms with Crippen LogP contribution in [0.3, 0.4) is 0 Å². The fourth-order valence-corrected chi connectivity index (χ4v) is 2.15. The highest BCUT2D eigenvalue weighted by Gasteiger charge is 2.34. The molecule has 0 spiro atoms. The highest BCUT2D eigenvalue weighted by Crippen LogP contribution is 2.18. The number of aliphatic hydroxyl groups excluding tert-OH is 2. The van der Waals surface area contributed by atoms with Gasteiger partial charge in [0.15, 0.2) is 0 Å². The van der Waals surface area contributed by atoms with Crippen LogP contribution in [-0.2, 0) is 4.79 Å². The van der Waals surface area contributed by atoms with Crippen LogP contribution in [0.15, 0.2) is 18.2 Å². The van der Waals surface area contributed by atoms with E-state index >= 15 is 0 Å². The zero-order valence-electron chi connectivity index (χ0n) is 11.1. The summed E-state index contributed by atoms with van der Waals surface area (Å²) in [5.41, 5.74) is 5.79. The second-order valence-corrected chi connectivity index (χ2v) is 4.99. The molecular weight excluding hydrogens is 265 g/mol. The predicted octanol–water partition coefficient (Wildman–Crippen LogP) is -0.228. The summed E-state index contributed by atoms with van der Waals surface area (Å²) in [6.45, 7) is 2.15. The average molecular weight is 283 g/mol. The Morgan fingerprint density at radius 2 is 2.05 bits per heavy atom. The molecule has 3 unspecified atom stereocenters. The van der Waals surface area contributed by atoms with Crippen molar-refractivity contribution in [1.29, 1.82) is 0 Å². The summed E-state index contributed by atoms with van der Waals surface area (Å²) in [6.07, 6.45) is -1.68. The van der Waals surface area contributed by atoms with E-state index in [0.29, 0.717) is 5.69 Å². The van der Waals surface area contributed by atoms with Gasteiger partial charge in [-0.3, -0.25) is 9.69 Å². The summed E-state index contributed by atoms with van der Waals surface area (Å²) in [5.74, 6) is -0.848. The molecule has 1 amide bonds. The van der Waals surface area contributed by atoms with Gasteiger partial charge in [0.2, 0.25) is 5.91 Å². The van der Waals surface area contributed by atoms with Crippen LogP contribution >= 0.6 is 0 Å². The number of β-amino-alcohol motifs (C(OH)–C–C–N with tert-alkyl or cyclic N) is 2. The molecule has 0 aromatic heterocycles. The largest absolute Gasteiger partial charge is 0.396 e. The number of hydrogen-bond donors (Lipinski definition) is 4. The molecule has 6 nitrogen and oxygen atoms in total. The van der Waals surface area contributed by atoms with E-state index in [1.165, 1.54) is 18.2 Å². The zero-order valence-corrected chi connectivity index (χ0v) is 11.1. The van der Waals surface area contributed by atoms with Crippen LogP contribution in [-0.4, -0.2) is 52.4 Å². The number of likely N-dealkylation sites (tertiary alicyclic amines) is 1. The van der Waals surface area contributed by atoms with Crippen molar-refractivity contribution < 1.29 is 19.4 Å². The van der Waals surface area contributed by atoms with Crippen LogP contribution in [0.5, 0.6) is 0 Å². The first-order valence-electron chi connectivity index (χ1n) is 6.34. The van der Waals surface area contributed by atoms with Crippen molar-refractivity contribution in [3.8, 4) is 0 Å². The number of hydrogen-bond acceptors (Lipinski definition) is 5. The van der Waals surface area contributed by atoms with Crippen LogP contribution in [0.25, 0.3) is 0 Å². The third kappa shape index (κ3) is 3.06. The van der Waals surface area contributed by atoms with Crippen molar-refractivity contribution in [2.75, 3.05) is 24.1 Å². The molecule has 1 saturated heterocycles. The lowest BCUT2D eigenvalue weighted by molar-refractivity contribution is -0.120. The Kier molecular flexibility index (Phi) is 4.22. The van der Waals surface area contributed by atoms with E-state index in [9.17, 15) is 19.4 Å². The fourth-order valence-electron chi connectivity index (χ4n) is 2.15. The number of aliphatic hydroxyl groups is 2. The Morgan fingerprint density at radius 3 is 2.60 bits per heavy atom. The Hall–Kier alpha value is -1.70. The number of halogens is 1. The van der Waals surface area contributed by atoms with E-state index in [1.807, 2.05) is 0 Å². The standard InChI is InChI=1S/C13H18FN3O3/c1-7(17-5-11(18)12(19)6-17)13(20)16-8-2-3-9(14)10(15)4-8/h2-4,7,11-12,18-19H,5-6,15H2,1H3,(H,16,20). The number of benzene rings is 1. The number of anilines is 2. The van der Waals surface area contributed by atoms with Crippen molar-refractivity contribution in [1.82, 2.24) is 4.90 Å². The van der Waals surface area contributed by atoms with Gasteiger partial charge >= 0.3 is 0 Å². The Bertz CT molecular complexity index is 502. The summed E-state index contributed by atoms with van der Waals surface area (Å²) in [7, 11) is 0. The molecule has 1 aliphatic rings. The van der Waals surface area contributed by atoms with Crippen LogP contribution in [0.1, 0.15) is 6.92 Å². The van der Waals surface area contributed by atoms with Gasteiger partial charge in [-0.1, -0.05) is 0 Å². The maximum atomic E-state index is 13.0. The van der Waals surface area contributed by atoms with E-state index < -0.39 is 24.1 Å². The monoisotopic (exact) mass is 283 g/mol. The van der Waals surface area contributed by atoms with Gasteiger partial charge in [0.05, 0.1) is 23.9 Å². The normalized spacial score (nSPS) is 24.6. The molecule has 3 atom stereocenters. The van der Waals surface area contributed by atoms with Gasteiger partial charge in [-0.15, -0.1) is 0 Å². The molecule has 0 aliphatic carbocycles. The number of carbonyl (C=O) groups excluding carboxylic acids is 1. The second kappa shape index (κ2) is 5.74. The van der Waals surface area contributed by atoms with E-state index in [2.05, 4.69) is 5.32 Å². The summed E-state index contributed by atoms with van der Waals surface area (Å²) in [4.78, 5) is 13.7. The maximum Gasteiger partial charge on any atom is 0.241 e. The third-order valence-electron chi connectivity index (χ3n) is 3.48. The first-order chi connectivity index (χ1) is 9.38. The highest BCUT2D eigenvalue weighted by atomic mass is 19.1. The lowest BCUT2D eigenvalue weighted by Crippen LogP contribution is -2.41.